The van der Waals surface area contributed by atoms with Crippen molar-refractivity contribution in [3.05, 3.63) is 71.8 Å². The fraction of sp³-hybridized carbons (Fsp3) is 0.188. The lowest BCUT2D eigenvalue weighted by Crippen LogP contribution is -2.48. The highest BCUT2D eigenvalue weighted by atomic mass is 32.2. The predicted molar refractivity (Wildman–Crippen MR) is 84.8 cm³/mol. The van der Waals surface area contributed by atoms with E-state index in [4.69, 9.17) is 4.74 Å². The lowest BCUT2D eigenvalue weighted by molar-refractivity contribution is -0.0271. The van der Waals surface area contributed by atoms with Gasteiger partial charge in [-0.2, -0.15) is 8.42 Å². The molecule has 3 rings (SSSR count). The van der Waals surface area contributed by atoms with Gasteiger partial charge in [0.2, 0.25) is 5.72 Å². The molecule has 2 aromatic rings. The van der Waals surface area contributed by atoms with Crippen LogP contribution in [0.2, 0.25) is 0 Å². The number of nitrogens with zero attached hydrogens (tertiary/aromatic N) is 2. The zero-order valence-corrected chi connectivity index (χ0v) is 13.1. The number of rotatable bonds is 3. The molecule has 0 saturated heterocycles. The van der Waals surface area contributed by atoms with Gasteiger partial charge < -0.3 is 4.74 Å². The number of methoxy groups -OCH3 is 1. The monoisotopic (exact) mass is 316 g/mol. The molecule has 0 spiro atoms. The fourth-order valence-electron chi connectivity index (χ4n) is 2.72. The summed E-state index contributed by atoms with van der Waals surface area (Å²) < 4.78 is 35.5. The highest BCUT2D eigenvalue weighted by Gasteiger charge is 2.53. The van der Waals surface area contributed by atoms with Gasteiger partial charge >= 0.3 is 10.2 Å². The van der Waals surface area contributed by atoms with Gasteiger partial charge in [-0.15, -0.1) is 8.70 Å². The van der Waals surface area contributed by atoms with Gasteiger partial charge in [0.1, 0.15) is 5.71 Å². The molecule has 114 valence electrons. The van der Waals surface area contributed by atoms with Crippen molar-refractivity contribution in [3.8, 4) is 0 Å². The Bertz CT molecular complexity index is 804. The largest absolute Gasteiger partial charge is 0.353 e. The predicted octanol–water partition coefficient (Wildman–Crippen LogP) is 2.17. The third kappa shape index (κ3) is 2.08. The summed E-state index contributed by atoms with van der Waals surface area (Å²) in [6, 6.07) is 18.4. The van der Waals surface area contributed by atoms with E-state index in [9.17, 15) is 8.42 Å². The molecule has 0 bridgehead atoms. The van der Waals surface area contributed by atoms with Crippen molar-refractivity contribution in [2.45, 2.75) is 5.72 Å². The van der Waals surface area contributed by atoms with Crippen LogP contribution in [0.3, 0.4) is 0 Å². The molecule has 1 aliphatic heterocycles. The summed E-state index contributed by atoms with van der Waals surface area (Å²) in [6.45, 7) is 0. The van der Waals surface area contributed by atoms with Gasteiger partial charge in [-0.25, -0.2) is 0 Å². The highest BCUT2D eigenvalue weighted by Crippen LogP contribution is 2.40. The SMILES string of the molecule is COC1(c2ccccc2)C(c2ccccc2)=NS(=O)(=O)N1C. The van der Waals surface area contributed by atoms with Crippen molar-refractivity contribution in [2.24, 2.45) is 4.40 Å². The van der Waals surface area contributed by atoms with E-state index >= 15 is 0 Å². The summed E-state index contributed by atoms with van der Waals surface area (Å²) in [5, 5.41) is 0. The molecule has 0 fully saturated rings. The highest BCUT2D eigenvalue weighted by molar-refractivity contribution is 7.88. The number of hydrogen-bond acceptors (Lipinski definition) is 3. The molecule has 1 atom stereocenters. The topological polar surface area (TPSA) is 59.0 Å². The van der Waals surface area contributed by atoms with E-state index < -0.39 is 15.9 Å². The van der Waals surface area contributed by atoms with Crippen LogP contribution < -0.4 is 0 Å². The second kappa shape index (κ2) is 5.31. The van der Waals surface area contributed by atoms with Gasteiger partial charge in [-0.3, -0.25) is 0 Å². The molecule has 5 nitrogen and oxygen atoms in total. The average molecular weight is 316 g/mol. The van der Waals surface area contributed by atoms with Crippen molar-refractivity contribution in [2.75, 3.05) is 14.2 Å². The molecular weight excluding hydrogens is 300 g/mol. The molecule has 1 heterocycles. The molecule has 0 radical (unpaired) electrons. The van der Waals surface area contributed by atoms with Crippen LogP contribution in [0.5, 0.6) is 0 Å². The van der Waals surface area contributed by atoms with Gasteiger partial charge in [0, 0.05) is 25.3 Å². The summed E-state index contributed by atoms with van der Waals surface area (Å²) in [4.78, 5) is 0. The van der Waals surface area contributed by atoms with Crippen molar-refractivity contribution >= 4 is 15.9 Å². The zero-order chi connectivity index (χ0) is 15.8. The lowest BCUT2D eigenvalue weighted by atomic mass is 9.92. The van der Waals surface area contributed by atoms with Crippen molar-refractivity contribution in [3.63, 3.8) is 0 Å². The minimum Gasteiger partial charge on any atom is -0.353 e. The van der Waals surface area contributed by atoms with E-state index in [2.05, 4.69) is 4.40 Å². The van der Waals surface area contributed by atoms with Gasteiger partial charge in [-0.1, -0.05) is 60.7 Å². The lowest BCUT2D eigenvalue weighted by Gasteiger charge is -2.34. The van der Waals surface area contributed by atoms with E-state index in [1.165, 1.54) is 14.2 Å². The van der Waals surface area contributed by atoms with Crippen molar-refractivity contribution in [1.29, 1.82) is 0 Å². The minimum absolute atomic E-state index is 0.365. The van der Waals surface area contributed by atoms with Gasteiger partial charge in [-0.05, 0) is 0 Å². The fourth-order valence-corrected chi connectivity index (χ4v) is 3.89. The molecule has 6 heteroatoms. The van der Waals surface area contributed by atoms with Gasteiger partial charge in [0.05, 0.1) is 0 Å². The first-order valence-corrected chi connectivity index (χ1v) is 8.17. The summed E-state index contributed by atoms with van der Waals surface area (Å²) in [7, 11) is -0.828. The Labute approximate surface area is 130 Å². The van der Waals surface area contributed by atoms with Crippen LogP contribution in [0.15, 0.2) is 65.1 Å². The Balaban J connectivity index is 2.29. The number of benzene rings is 2. The Kier molecular flexibility index (Phi) is 3.60. The second-order valence-electron chi connectivity index (χ2n) is 4.97. The molecule has 2 aromatic carbocycles. The molecule has 22 heavy (non-hydrogen) atoms. The normalized spacial score (nSPS) is 24.2. The van der Waals surface area contributed by atoms with Crippen molar-refractivity contribution in [1.82, 2.24) is 4.31 Å². The number of likely N-dealkylation sites (N-methyl/N-ethyl adjacent to an activating group) is 1. The quantitative estimate of drug-likeness (QED) is 0.872. The average Bonchev–Trinajstić information content (AvgIpc) is 2.77. The molecule has 0 N–H and O–H groups in total. The molecule has 0 saturated carbocycles. The van der Waals surface area contributed by atoms with E-state index in [1.54, 1.807) is 0 Å². The van der Waals surface area contributed by atoms with Crippen LogP contribution in [0.1, 0.15) is 11.1 Å². The van der Waals surface area contributed by atoms with Crippen LogP contribution >= 0.6 is 0 Å². The van der Waals surface area contributed by atoms with E-state index in [-0.39, 0.29) is 0 Å². The molecule has 1 aliphatic rings. The first kappa shape index (κ1) is 14.9. The molecular formula is C16H16N2O3S. The number of ether oxygens (including phenoxy) is 1. The summed E-state index contributed by atoms with van der Waals surface area (Å²) in [6.07, 6.45) is 0. The Hall–Kier alpha value is -2.02. The van der Waals surface area contributed by atoms with Gasteiger partial charge in [0.15, 0.2) is 0 Å². The first-order chi connectivity index (χ1) is 10.5. The zero-order valence-electron chi connectivity index (χ0n) is 12.3. The molecule has 0 amide bonds. The molecule has 0 aliphatic carbocycles. The smallest absolute Gasteiger partial charge is 0.325 e. The van der Waals surface area contributed by atoms with E-state index in [0.717, 1.165) is 4.31 Å². The standard InChI is InChI=1S/C16H16N2O3S/c1-18-16(21-2,14-11-7-4-8-12-14)15(17-22(18,19)20)13-9-5-3-6-10-13/h3-12H,1-2H3. The van der Waals surface area contributed by atoms with Crippen LogP contribution in [0, 0.1) is 0 Å². The summed E-state index contributed by atoms with van der Waals surface area (Å²) in [5.74, 6) is 0. The van der Waals surface area contributed by atoms with Crippen LogP contribution in [0.4, 0.5) is 0 Å². The maximum Gasteiger partial charge on any atom is 0.325 e. The van der Waals surface area contributed by atoms with Gasteiger partial charge in [0.25, 0.3) is 0 Å². The van der Waals surface area contributed by atoms with Crippen molar-refractivity contribution < 1.29 is 13.2 Å². The Morgan fingerprint density at radius 2 is 1.55 bits per heavy atom. The van der Waals surface area contributed by atoms with Crippen LogP contribution in [-0.4, -0.2) is 32.6 Å². The number of hydrogen-bond donors (Lipinski definition) is 0. The first-order valence-electron chi connectivity index (χ1n) is 6.78. The minimum atomic E-state index is -3.79. The van der Waals surface area contributed by atoms with Crippen LogP contribution in [0.25, 0.3) is 0 Å². The maximum atomic E-state index is 12.4. The Morgan fingerprint density at radius 1 is 1.00 bits per heavy atom. The van der Waals surface area contributed by atoms with Crippen LogP contribution in [-0.2, 0) is 20.7 Å². The maximum absolute atomic E-state index is 12.4. The third-order valence-electron chi connectivity index (χ3n) is 3.82. The third-order valence-corrected chi connectivity index (χ3v) is 5.19. The summed E-state index contributed by atoms with van der Waals surface area (Å²) in [5.41, 5.74) is 0.524. The van der Waals surface area contributed by atoms with E-state index in [0.29, 0.717) is 16.8 Å². The molecule has 0 aromatic heterocycles. The molecule has 1 unspecified atom stereocenters. The second-order valence-corrected chi connectivity index (χ2v) is 6.59. The van der Waals surface area contributed by atoms with E-state index in [1.807, 2.05) is 60.7 Å². The summed E-state index contributed by atoms with van der Waals surface area (Å²) >= 11 is 0. The Morgan fingerprint density at radius 3 is 2.09 bits per heavy atom.